The van der Waals surface area contributed by atoms with Gasteiger partial charge in [0.05, 0.1) is 32.1 Å². The van der Waals surface area contributed by atoms with E-state index in [9.17, 15) is 4.79 Å². The van der Waals surface area contributed by atoms with Crippen molar-refractivity contribution in [1.29, 1.82) is 0 Å². The molecule has 1 fully saturated rings. The van der Waals surface area contributed by atoms with Gasteiger partial charge >= 0.3 is 5.97 Å². The third-order valence-corrected chi connectivity index (χ3v) is 4.69. The average molecular weight is 408 g/mol. The fourth-order valence-corrected chi connectivity index (χ4v) is 2.96. The van der Waals surface area contributed by atoms with Gasteiger partial charge in [-0.2, -0.15) is 0 Å². The fraction of sp³-hybridized carbons (Fsp3) is 0.636. The molecule has 1 aromatic rings. The number of oxime groups is 1. The SMILES string of the molecule is COC(=O)C1(C)OCC(CCCCO/N=C(/C)c2ccc(OC(C)C)cc2)CO1. The van der Waals surface area contributed by atoms with Crippen LogP contribution in [0.5, 0.6) is 5.75 Å². The number of hydrogen-bond acceptors (Lipinski definition) is 7. The van der Waals surface area contributed by atoms with Gasteiger partial charge in [0.25, 0.3) is 5.79 Å². The number of methoxy groups -OCH3 is 1. The summed E-state index contributed by atoms with van der Waals surface area (Å²) >= 11 is 0. The van der Waals surface area contributed by atoms with Gasteiger partial charge < -0.3 is 23.8 Å². The van der Waals surface area contributed by atoms with Crippen LogP contribution in [0, 0.1) is 5.92 Å². The molecule has 1 aliphatic heterocycles. The van der Waals surface area contributed by atoms with Gasteiger partial charge in [0, 0.05) is 12.8 Å². The molecule has 1 aliphatic rings. The molecule has 0 radical (unpaired) electrons. The zero-order valence-corrected chi connectivity index (χ0v) is 18.1. The first kappa shape index (κ1) is 23.2. The molecule has 162 valence electrons. The molecule has 2 rings (SSSR count). The smallest absolute Gasteiger partial charge is 0.366 e. The summed E-state index contributed by atoms with van der Waals surface area (Å²) in [7, 11) is 1.33. The molecule has 0 spiro atoms. The van der Waals surface area contributed by atoms with Crippen molar-refractivity contribution in [2.45, 2.75) is 58.8 Å². The van der Waals surface area contributed by atoms with Gasteiger partial charge in [0.2, 0.25) is 0 Å². The summed E-state index contributed by atoms with van der Waals surface area (Å²) in [6, 6.07) is 7.83. The minimum Gasteiger partial charge on any atom is -0.491 e. The molecule has 7 heteroatoms. The van der Waals surface area contributed by atoms with Crippen LogP contribution in [-0.4, -0.2) is 50.5 Å². The molecule has 0 N–H and O–H groups in total. The van der Waals surface area contributed by atoms with Crippen molar-refractivity contribution in [3.8, 4) is 5.75 Å². The number of benzene rings is 1. The van der Waals surface area contributed by atoms with Gasteiger partial charge in [0.1, 0.15) is 12.4 Å². The Hall–Kier alpha value is -2.12. The van der Waals surface area contributed by atoms with Crippen molar-refractivity contribution in [2.24, 2.45) is 11.1 Å². The lowest BCUT2D eigenvalue weighted by Gasteiger charge is -2.35. The summed E-state index contributed by atoms with van der Waals surface area (Å²) in [4.78, 5) is 17.1. The maximum absolute atomic E-state index is 11.6. The fourth-order valence-electron chi connectivity index (χ4n) is 2.96. The Bertz CT molecular complexity index is 662. The molecule has 0 amide bonds. The maximum Gasteiger partial charge on any atom is 0.366 e. The van der Waals surface area contributed by atoms with E-state index in [-0.39, 0.29) is 12.0 Å². The largest absolute Gasteiger partial charge is 0.491 e. The number of rotatable bonds is 10. The minimum atomic E-state index is -1.28. The van der Waals surface area contributed by atoms with Crippen molar-refractivity contribution in [3.05, 3.63) is 29.8 Å². The number of carbonyl (C=O) groups excluding carboxylic acids is 1. The Balaban J connectivity index is 1.62. The standard InChI is InChI=1S/C22H33NO6/c1-16(2)29-20-11-9-19(10-12-20)17(3)23-28-13-7-6-8-18-14-26-22(4,27-15-18)21(24)25-5/h9-12,16,18H,6-8,13-15H2,1-5H3/b23-17-. The van der Waals surface area contributed by atoms with Crippen LogP contribution < -0.4 is 4.74 Å². The highest BCUT2D eigenvalue weighted by Gasteiger charge is 2.41. The van der Waals surface area contributed by atoms with E-state index >= 15 is 0 Å². The van der Waals surface area contributed by atoms with Crippen molar-refractivity contribution >= 4 is 11.7 Å². The molecule has 1 aromatic carbocycles. The van der Waals surface area contributed by atoms with E-state index in [1.165, 1.54) is 7.11 Å². The van der Waals surface area contributed by atoms with Crippen LogP contribution in [0.3, 0.4) is 0 Å². The Kier molecular flexibility index (Phi) is 8.92. The van der Waals surface area contributed by atoms with E-state index in [2.05, 4.69) is 5.16 Å². The van der Waals surface area contributed by atoms with Crippen molar-refractivity contribution in [1.82, 2.24) is 0 Å². The Morgan fingerprint density at radius 2 is 1.86 bits per heavy atom. The first-order valence-electron chi connectivity index (χ1n) is 10.1. The Morgan fingerprint density at radius 3 is 2.45 bits per heavy atom. The van der Waals surface area contributed by atoms with Crippen LogP contribution in [0.1, 0.15) is 52.5 Å². The number of esters is 1. The molecule has 29 heavy (non-hydrogen) atoms. The lowest BCUT2D eigenvalue weighted by molar-refractivity contribution is -0.272. The number of nitrogens with zero attached hydrogens (tertiary/aromatic N) is 1. The van der Waals surface area contributed by atoms with Crippen LogP contribution in [0.15, 0.2) is 29.4 Å². The van der Waals surface area contributed by atoms with E-state index in [1.54, 1.807) is 6.92 Å². The monoisotopic (exact) mass is 407 g/mol. The Labute approximate surface area is 173 Å². The molecule has 0 saturated carbocycles. The van der Waals surface area contributed by atoms with Gasteiger partial charge in [0.15, 0.2) is 0 Å². The second-order valence-electron chi connectivity index (χ2n) is 7.62. The van der Waals surface area contributed by atoms with E-state index in [1.807, 2.05) is 45.0 Å². The lowest BCUT2D eigenvalue weighted by Crippen LogP contribution is -2.48. The number of unbranched alkanes of at least 4 members (excludes halogenated alkanes) is 1. The van der Waals surface area contributed by atoms with Gasteiger partial charge in [-0.25, -0.2) is 4.79 Å². The predicted octanol–water partition coefficient (Wildman–Crippen LogP) is 3.94. The predicted molar refractivity (Wildman–Crippen MR) is 110 cm³/mol. The summed E-state index contributed by atoms with van der Waals surface area (Å²) in [6.07, 6.45) is 2.97. The normalized spacial score (nSPS) is 22.4. The van der Waals surface area contributed by atoms with Crippen molar-refractivity contribution < 1.29 is 28.6 Å². The number of ether oxygens (including phenoxy) is 4. The molecule has 1 saturated heterocycles. The molecule has 0 aromatic heterocycles. The number of carbonyl (C=O) groups is 1. The van der Waals surface area contributed by atoms with E-state index in [0.29, 0.717) is 19.8 Å². The molecule has 0 bridgehead atoms. The van der Waals surface area contributed by atoms with Crippen LogP contribution in [-0.2, 0) is 23.8 Å². The van der Waals surface area contributed by atoms with Crippen LogP contribution >= 0.6 is 0 Å². The second kappa shape index (κ2) is 11.2. The maximum atomic E-state index is 11.6. The lowest BCUT2D eigenvalue weighted by atomic mass is 10.0. The van der Waals surface area contributed by atoms with Crippen LogP contribution in [0.25, 0.3) is 0 Å². The molecular formula is C22H33NO6. The van der Waals surface area contributed by atoms with Gasteiger partial charge in [-0.15, -0.1) is 0 Å². The molecule has 0 aliphatic carbocycles. The van der Waals surface area contributed by atoms with Gasteiger partial charge in [-0.3, -0.25) is 0 Å². The minimum absolute atomic E-state index is 0.156. The second-order valence-corrected chi connectivity index (χ2v) is 7.62. The topological polar surface area (TPSA) is 75.6 Å². The van der Waals surface area contributed by atoms with E-state index < -0.39 is 11.8 Å². The van der Waals surface area contributed by atoms with E-state index in [0.717, 1.165) is 36.3 Å². The highest BCUT2D eigenvalue weighted by Crippen LogP contribution is 2.25. The highest BCUT2D eigenvalue weighted by molar-refractivity contribution is 5.98. The summed E-state index contributed by atoms with van der Waals surface area (Å²) in [5.74, 6) is -0.663. The number of hydrogen-bond donors (Lipinski definition) is 0. The first-order chi connectivity index (χ1) is 13.8. The Morgan fingerprint density at radius 1 is 1.21 bits per heavy atom. The van der Waals surface area contributed by atoms with Crippen molar-refractivity contribution in [2.75, 3.05) is 26.9 Å². The third-order valence-electron chi connectivity index (χ3n) is 4.69. The van der Waals surface area contributed by atoms with Crippen molar-refractivity contribution in [3.63, 3.8) is 0 Å². The summed E-state index contributed by atoms with van der Waals surface area (Å²) in [6.45, 7) is 9.05. The van der Waals surface area contributed by atoms with Gasteiger partial charge in [-0.1, -0.05) is 5.16 Å². The molecule has 0 unspecified atom stereocenters. The quantitative estimate of drug-likeness (QED) is 0.253. The van der Waals surface area contributed by atoms with Crippen LogP contribution in [0.4, 0.5) is 0 Å². The van der Waals surface area contributed by atoms with Crippen LogP contribution in [0.2, 0.25) is 0 Å². The zero-order valence-electron chi connectivity index (χ0n) is 18.1. The molecular weight excluding hydrogens is 374 g/mol. The molecule has 0 atom stereocenters. The molecule has 1 heterocycles. The first-order valence-corrected chi connectivity index (χ1v) is 10.1. The average Bonchev–Trinajstić information content (AvgIpc) is 2.71. The third kappa shape index (κ3) is 7.33. The van der Waals surface area contributed by atoms with Gasteiger partial charge in [-0.05, 0) is 69.9 Å². The summed E-state index contributed by atoms with van der Waals surface area (Å²) < 4.78 is 21.5. The zero-order chi connectivity index (χ0) is 21.3. The summed E-state index contributed by atoms with van der Waals surface area (Å²) in [5.41, 5.74) is 1.84. The highest BCUT2D eigenvalue weighted by atomic mass is 16.7. The molecule has 7 nitrogen and oxygen atoms in total. The summed E-state index contributed by atoms with van der Waals surface area (Å²) in [5, 5.41) is 4.19. The van der Waals surface area contributed by atoms with E-state index in [4.69, 9.17) is 23.8 Å².